The van der Waals surface area contributed by atoms with E-state index >= 15 is 0 Å². The van der Waals surface area contributed by atoms with Crippen molar-refractivity contribution in [3.8, 4) is 0 Å². The summed E-state index contributed by atoms with van der Waals surface area (Å²) in [6.07, 6.45) is 1.97. The molecule has 0 spiro atoms. The van der Waals surface area contributed by atoms with Gasteiger partial charge in [0.25, 0.3) is 0 Å². The van der Waals surface area contributed by atoms with E-state index in [1.165, 1.54) is 22.3 Å². The third-order valence-electron chi connectivity index (χ3n) is 5.88. The van der Waals surface area contributed by atoms with Crippen molar-refractivity contribution in [3.05, 3.63) is 144 Å². The molecule has 0 aliphatic heterocycles. The van der Waals surface area contributed by atoms with E-state index in [4.69, 9.17) is 0 Å². The highest BCUT2D eigenvalue weighted by Crippen LogP contribution is 2.20. The van der Waals surface area contributed by atoms with Crippen LogP contribution in [-0.4, -0.2) is 13.1 Å². The molecule has 4 aromatic carbocycles. The Balaban J connectivity index is 1.38. The summed E-state index contributed by atoms with van der Waals surface area (Å²) in [6.45, 7) is 1.81. The minimum absolute atomic E-state index is 0.296. The summed E-state index contributed by atoms with van der Waals surface area (Å²) in [5.41, 5.74) is 5.38. The Bertz CT molecular complexity index is 930. The average molecular weight is 421 g/mol. The lowest BCUT2D eigenvalue weighted by Crippen LogP contribution is -2.34. The molecule has 0 unspecified atom stereocenters. The van der Waals surface area contributed by atoms with Gasteiger partial charge in [-0.25, -0.2) is 0 Å². The van der Waals surface area contributed by atoms with Crippen molar-refractivity contribution in [1.29, 1.82) is 0 Å². The van der Waals surface area contributed by atoms with Crippen LogP contribution in [0.2, 0.25) is 0 Å². The SMILES string of the molecule is c1ccc(C[C@H](NCCN[C@H](Cc2ccccc2)c2ccccc2)c2ccccc2)cc1. The number of hydrogen-bond acceptors (Lipinski definition) is 2. The molecule has 0 radical (unpaired) electrons. The maximum Gasteiger partial charge on any atom is 0.0361 e. The molecule has 2 nitrogen and oxygen atoms in total. The molecular formula is C30H32N2. The first-order chi connectivity index (χ1) is 15.9. The van der Waals surface area contributed by atoms with E-state index in [2.05, 4.69) is 132 Å². The first-order valence-corrected chi connectivity index (χ1v) is 11.5. The second-order valence-corrected chi connectivity index (χ2v) is 8.21. The van der Waals surface area contributed by atoms with Crippen molar-refractivity contribution in [3.63, 3.8) is 0 Å². The quantitative estimate of drug-likeness (QED) is 0.285. The van der Waals surface area contributed by atoms with Crippen molar-refractivity contribution in [2.24, 2.45) is 0 Å². The summed E-state index contributed by atoms with van der Waals surface area (Å²) in [5.74, 6) is 0. The molecule has 32 heavy (non-hydrogen) atoms. The van der Waals surface area contributed by atoms with E-state index in [0.717, 1.165) is 25.9 Å². The average Bonchev–Trinajstić information content (AvgIpc) is 2.87. The van der Waals surface area contributed by atoms with Gasteiger partial charge in [0.1, 0.15) is 0 Å². The van der Waals surface area contributed by atoms with Gasteiger partial charge in [-0.3, -0.25) is 0 Å². The van der Waals surface area contributed by atoms with Crippen LogP contribution < -0.4 is 10.6 Å². The number of nitrogens with one attached hydrogen (secondary N) is 2. The van der Waals surface area contributed by atoms with Gasteiger partial charge in [-0.05, 0) is 35.1 Å². The summed E-state index contributed by atoms with van der Waals surface area (Å²) in [7, 11) is 0. The van der Waals surface area contributed by atoms with Gasteiger partial charge >= 0.3 is 0 Å². The Morgan fingerprint density at radius 1 is 0.406 bits per heavy atom. The molecule has 0 aromatic heterocycles. The van der Waals surface area contributed by atoms with E-state index in [0.29, 0.717) is 12.1 Å². The Kier molecular flexibility index (Phi) is 8.25. The number of rotatable bonds is 11. The van der Waals surface area contributed by atoms with Crippen molar-refractivity contribution in [2.75, 3.05) is 13.1 Å². The first kappa shape index (κ1) is 22.0. The zero-order valence-electron chi connectivity index (χ0n) is 18.5. The Morgan fingerprint density at radius 3 is 1.06 bits per heavy atom. The maximum absolute atomic E-state index is 3.79. The van der Waals surface area contributed by atoms with Crippen LogP contribution >= 0.6 is 0 Å². The minimum Gasteiger partial charge on any atom is -0.308 e. The molecule has 0 fully saturated rings. The van der Waals surface area contributed by atoms with Crippen molar-refractivity contribution >= 4 is 0 Å². The van der Waals surface area contributed by atoms with Gasteiger partial charge in [-0.2, -0.15) is 0 Å². The molecular weight excluding hydrogens is 388 g/mol. The van der Waals surface area contributed by atoms with Crippen LogP contribution in [0.25, 0.3) is 0 Å². The van der Waals surface area contributed by atoms with Crippen molar-refractivity contribution in [2.45, 2.75) is 24.9 Å². The lowest BCUT2D eigenvalue weighted by atomic mass is 9.98. The lowest BCUT2D eigenvalue weighted by molar-refractivity contribution is 0.476. The lowest BCUT2D eigenvalue weighted by Gasteiger charge is -2.23. The molecule has 0 saturated heterocycles. The zero-order chi connectivity index (χ0) is 21.8. The summed E-state index contributed by atoms with van der Waals surface area (Å²) in [4.78, 5) is 0. The predicted molar refractivity (Wildman–Crippen MR) is 135 cm³/mol. The molecule has 0 saturated carbocycles. The molecule has 162 valence electrons. The van der Waals surface area contributed by atoms with Crippen LogP contribution in [0.4, 0.5) is 0 Å². The van der Waals surface area contributed by atoms with Crippen LogP contribution in [0.1, 0.15) is 34.3 Å². The van der Waals surface area contributed by atoms with Gasteiger partial charge in [0.15, 0.2) is 0 Å². The van der Waals surface area contributed by atoms with Crippen molar-refractivity contribution < 1.29 is 0 Å². The summed E-state index contributed by atoms with van der Waals surface area (Å²) in [6, 6.07) is 43.6. The topological polar surface area (TPSA) is 24.1 Å². The van der Waals surface area contributed by atoms with Gasteiger partial charge in [0.2, 0.25) is 0 Å². The van der Waals surface area contributed by atoms with Crippen molar-refractivity contribution in [1.82, 2.24) is 10.6 Å². The smallest absolute Gasteiger partial charge is 0.0361 e. The third kappa shape index (κ3) is 6.65. The predicted octanol–water partition coefficient (Wildman–Crippen LogP) is 6.13. The van der Waals surface area contributed by atoms with Gasteiger partial charge < -0.3 is 10.6 Å². The highest BCUT2D eigenvalue weighted by molar-refractivity contribution is 5.25. The molecule has 4 rings (SSSR count). The molecule has 2 heteroatoms. The second-order valence-electron chi connectivity index (χ2n) is 8.21. The van der Waals surface area contributed by atoms with E-state index in [-0.39, 0.29) is 0 Å². The second kappa shape index (κ2) is 12.0. The van der Waals surface area contributed by atoms with Gasteiger partial charge in [0, 0.05) is 25.2 Å². The molecule has 0 amide bonds. The van der Waals surface area contributed by atoms with Crippen LogP contribution in [0.5, 0.6) is 0 Å². The fourth-order valence-corrected chi connectivity index (χ4v) is 4.18. The number of hydrogen-bond donors (Lipinski definition) is 2. The summed E-state index contributed by atoms with van der Waals surface area (Å²) < 4.78 is 0. The fourth-order valence-electron chi connectivity index (χ4n) is 4.18. The van der Waals surface area contributed by atoms with Gasteiger partial charge in [-0.15, -0.1) is 0 Å². The minimum atomic E-state index is 0.296. The van der Waals surface area contributed by atoms with Crippen LogP contribution in [-0.2, 0) is 12.8 Å². The number of benzene rings is 4. The molecule has 0 heterocycles. The van der Waals surface area contributed by atoms with Gasteiger partial charge in [-0.1, -0.05) is 121 Å². The summed E-state index contributed by atoms with van der Waals surface area (Å²) >= 11 is 0. The molecule has 2 atom stereocenters. The maximum atomic E-state index is 3.79. The summed E-state index contributed by atoms with van der Waals surface area (Å²) in [5, 5.41) is 7.59. The Morgan fingerprint density at radius 2 is 0.719 bits per heavy atom. The highest BCUT2D eigenvalue weighted by atomic mass is 15.0. The first-order valence-electron chi connectivity index (χ1n) is 11.5. The van der Waals surface area contributed by atoms with E-state index in [9.17, 15) is 0 Å². The molecule has 0 aliphatic rings. The zero-order valence-corrected chi connectivity index (χ0v) is 18.5. The van der Waals surface area contributed by atoms with E-state index < -0.39 is 0 Å². The van der Waals surface area contributed by atoms with E-state index in [1.807, 2.05) is 0 Å². The largest absolute Gasteiger partial charge is 0.308 e. The van der Waals surface area contributed by atoms with Gasteiger partial charge in [0.05, 0.1) is 0 Å². The van der Waals surface area contributed by atoms with Crippen LogP contribution in [0.3, 0.4) is 0 Å². The third-order valence-corrected chi connectivity index (χ3v) is 5.88. The van der Waals surface area contributed by atoms with Crippen LogP contribution in [0.15, 0.2) is 121 Å². The molecule has 4 aromatic rings. The van der Waals surface area contributed by atoms with E-state index in [1.54, 1.807) is 0 Å². The van der Waals surface area contributed by atoms with Crippen LogP contribution in [0, 0.1) is 0 Å². The Labute approximate surface area is 192 Å². The Hall–Kier alpha value is -3.20. The normalized spacial score (nSPS) is 12.9. The standard InChI is InChI=1S/C30H32N2/c1-5-13-25(14-6-1)23-29(27-17-9-3-10-18-27)31-21-22-32-30(28-19-11-4-12-20-28)24-26-15-7-2-8-16-26/h1-20,29-32H,21-24H2/t29-,30+. The fraction of sp³-hybridized carbons (Fsp3) is 0.200. The molecule has 0 aliphatic carbocycles. The molecule has 0 bridgehead atoms. The monoisotopic (exact) mass is 420 g/mol. The molecule has 2 N–H and O–H groups in total. The highest BCUT2D eigenvalue weighted by Gasteiger charge is 2.14.